The third-order valence-corrected chi connectivity index (χ3v) is 4.71. The SMILES string of the molecule is CCc1cc(-c2noc(-c3cc(C)nc(NC(C)C)n3)n2)cc(C)c1CCC(=O)O.Cl. The van der Waals surface area contributed by atoms with Crippen LogP contribution in [0.2, 0.25) is 0 Å². The number of nitrogens with one attached hydrogen (secondary N) is 1. The first-order valence-electron chi connectivity index (χ1n) is 10.1. The molecule has 0 fully saturated rings. The van der Waals surface area contributed by atoms with Crippen LogP contribution in [0.1, 0.15) is 49.6 Å². The van der Waals surface area contributed by atoms with Gasteiger partial charge in [0.15, 0.2) is 0 Å². The van der Waals surface area contributed by atoms with E-state index in [9.17, 15) is 4.79 Å². The molecule has 0 aliphatic rings. The fraction of sp³-hybridized carbons (Fsp3) is 0.409. The number of hydrogen-bond donors (Lipinski definition) is 2. The van der Waals surface area contributed by atoms with Crippen LogP contribution in [0.4, 0.5) is 5.95 Å². The summed E-state index contributed by atoms with van der Waals surface area (Å²) in [4.78, 5) is 24.4. The molecule has 1 aromatic carbocycles. The van der Waals surface area contributed by atoms with Gasteiger partial charge < -0.3 is 14.9 Å². The lowest BCUT2D eigenvalue weighted by Gasteiger charge is -2.12. The normalized spacial score (nSPS) is 10.8. The minimum Gasteiger partial charge on any atom is -0.481 e. The second-order valence-corrected chi connectivity index (χ2v) is 7.62. The van der Waals surface area contributed by atoms with Crippen molar-refractivity contribution in [3.63, 3.8) is 0 Å². The van der Waals surface area contributed by atoms with Crippen LogP contribution < -0.4 is 5.32 Å². The molecule has 3 aromatic rings. The molecule has 166 valence electrons. The zero-order valence-electron chi connectivity index (χ0n) is 18.4. The molecule has 0 atom stereocenters. The highest BCUT2D eigenvalue weighted by Crippen LogP contribution is 2.27. The molecule has 2 heterocycles. The lowest BCUT2D eigenvalue weighted by atomic mass is 9.93. The molecule has 9 heteroatoms. The van der Waals surface area contributed by atoms with Crippen molar-refractivity contribution < 1.29 is 14.4 Å². The van der Waals surface area contributed by atoms with Gasteiger partial charge in [-0.15, -0.1) is 12.4 Å². The van der Waals surface area contributed by atoms with E-state index in [1.807, 2.05) is 39.8 Å². The van der Waals surface area contributed by atoms with E-state index in [1.54, 1.807) is 6.07 Å². The van der Waals surface area contributed by atoms with Gasteiger partial charge in [0.2, 0.25) is 11.8 Å². The minimum absolute atomic E-state index is 0. The summed E-state index contributed by atoms with van der Waals surface area (Å²) in [5, 5.41) is 16.3. The summed E-state index contributed by atoms with van der Waals surface area (Å²) in [6.45, 7) is 9.96. The molecule has 2 aromatic heterocycles. The molecule has 8 nitrogen and oxygen atoms in total. The number of rotatable bonds is 8. The molecule has 0 aliphatic heterocycles. The smallest absolute Gasteiger partial charge is 0.303 e. The van der Waals surface area contributed by atoms with Crippen molar-refractivity contribution in [1.82, 2.24) is 20.1 Å². The van der Waals surface area contributed by atoms with Crippen LogP contribution in [0.15, 0.2) is 22.7 Å². The van der Waals surface area contributed by atoms with E-state index in [1.165, 1.54) is 0 Å². The Labute approximate surface area is 187 Å². The van der Waals surface area contributed by atoms with Crippen LogP contribution >= 0.6 is 12.4 Å². The summed E-state index contributed by atoms with van der Waals surface area (Å²) in [5.41, 5.74) is 5.40. The van der Waals surface area contributed by atoms with Crippen LogP contribution in [0.25, 0.3) is 23.0 Å². The minimum atomic E-state index is -0.796. The number of carboxylic acid groups (broad SMARTS) is 1. The van der Waals surface area contributed by atoms with E-state index in [0.717, 1.165) is 34.4 Å². The van der Waals surface area contributed by atoms with Gasteiger partial charge in [-0.05, 0) is 75.4 Å². The Morgan fingerprint density at radius 3 is 2.55 bits per heavy atom. The van der Waals surface area contributed by atoms with Crippen LogP contribution in [0.5, 0.6) is 0 Å². The van der Waals surface area contributed by atoms with Gasteiger partial charge in [0.25, 0.3) is 5.89 Å². The quantitative estimate of drug-likeness (QED) is 0.515. The maximum Gasteiger partial charge on any atom is 0.303 e. The Bertz CT molecular complexity index is 1070. The van der Waals surface area contributed by atoms with Gasteiger partial charge in [-0.25, -0.2) is 9.97 Å². The van der Waals surface area contributed by atoms with Gasteiger partial charge in [-0.1, -0.05) is 12.1 Å². The number of aromatic nitrogens is 4. The van der Waals surface area contributed by atoms with Crippen LogP contribution in [0.3, 0.4) is 0 Å². The summed E-state index contributed by atoms with van der Waals surface area (Å²) >= 11 is 0. The van der Waals surface area contributed by atoms with Gasteiger partial charge >= 0.3 is 5.97 Å². The monoisotopic (exact) mass is 445 g/mol. The van der Waals surface area contributed by atoms with E-state index in [4.69, 9.17) is 9.63 Å². The molecule has 0 amide bonds. The van der Waals surface area contributed by atoms with Crippen LogP contribution in [-0.2, 0) is 17.6 Å². The Balaban J connectivity index is 0.00000341. The lowest BCUT2D eigenvalue weighted by molar-refractivity contribution is -0.136. The lowest BCUT2D eigenvalue weighted by Crippen LogP contribution is -2.13. The van der Waals surface area contributed by atoms with Crippen molar-refractivity contribution in [2.24, 2.45) is 0 Å². The molecule has 0 saturated heterocycles. The molecule has 0 radical (unpaired) electrons. The van der Waals surface area contributed by atoms with Crippen LogP contribution in [0, 0.1) is 13.8 Å². The molecule has 0 aliphatic carbocycles. The van der Waals surface area contributed by atoms with Crippen molar-refractivity contribution in [2.45, 2.75) is 59.9 Å². The predicted octanol–water partition coefficient (Wildman–Crippen LogP) is 4.63. The highest BCUT2D eigenvalue weighted by molar-refractivity contribution is 5.85. The first kappa shape index (κ1) is 24.3. The zero-order chi connectivity index (χ0) is 21.8. The van der Waals surface area contributed by atoms with Crippen molar-refractivity contribution in [1.29, 1.82) is 0 Å². The maximum absolute atomic E-state index is 11.0. The second kappa shape index (κ2) is 10.3. The number of halogens is 1. The third-order valence-electron chi connectivity index (χ3n) is 4.71. The van der Waals surface area contributed by atoms with Crippen molar-refractivity contribution >= 4 is 24.3 Å². The van der Waals surface area contributed by atoms with Crippen LogP contribution in [-0.4, -0.2) is 37.2 Å². The van der Waals surface area contributed by atoms with E-state index in [-0.39, 0.29) is 24.9 Å². The van der Waals surface area contributed by atoms with Gasteiger partial charge in [-0.3, -0.25) is 4.79 Å². The predicted molar refractivity (Wildman–Crippen MR) is 122 cm³/mol. The Kier molecular flexibility index (Phi) is 8.10. The summed E-state index contributed by atoms with van der Waals surface area (Å²) in [6, 6.07) is 5.99. The highest BCUT2D eigenvalue weighted by Gasteiger charge is 2.16. The number of hydrogen-bond acceptors (Lipinski definition) is 7. The molecule has 0 spiro atoms. The van der Waals surface area contributed by atoms with Gasteiger partial charge in [0, 0.05) is 23.7 Å². The zero-order valence-corrected chi connectivity index (χ0v) is 19.2. The molecular formula is C22H28ClN5O3. The fourth-order valence-corrected chi connectivity index (χ4v) is 3.37. The fourth-order valence-electron chi connectivity index (χ4n) is 3.37. The first-order valence-corrected chi connectivity index (χ1v) is 10.1. The average molecular weight is 446 g/mol. The topological polar surface area (TPSA) is 114 Å². The van der Waals surface area contributed by atoms with Gasteiger partial charge in [-0.2, -0.15) is 4.98 Å². The van der Waals surface area contributed by atoms with Gasteiger partial charge in [0.05, 0.1) is 0 Å². The molecular weight excluding hydrogens is 418 g/mol. The summed E-state index contributed by atoms with van der Waals surface area (Å²) in [5.74, 6) is 0.525. The highest BCUT2D eigenvalue weighted by atomic mass is 35.5. The molecule has 0 unspecified atom stereocenters. The average Bonchev–Trinajstić information content (AvgIpc) is 3.15. The third kappa shape index (κ3) is 6.01. The largest absolute Gasteiger partial charge is 0.481 e. The van der Waals surface area contributed by atoms with Gasteiger partial charge in [0.1, 0.15) is 5.69 Å². The van der Waals surface area contributed by atoms with Crippen molar-refractivity contribution in [3.05, 3.63) is 40.6 Å². The first-order chi connectivity index (χ1) is 14.3. The maximum atomic E-state index is 11.0. The molecule has 31 heavy (non-hydrogen) atoms. The number of anilines is 1. The van der Waals surface area contributed by atoms with E-state index in [0.29, 0.717) is 29.8 Å². The standard InChI is InChI=1S/C22H27N5O3.ClH/c1-6-15-11-16(9-13(4)17(15)7-8-19(28)29)20-26-21(30-27-20)18-10-14(5)24-22(25-18)23-12(2)3;/h9-12H,6-8H2,1-5H3,(H,28,29)(H,23,24,25);1H. The molecule has 2 N–H and O–H groups in total. The number of aryl methyl sites for hydroxylation is 3. The summed E-state index contributed by atoms with van der Waals surface area (Å²) in [6.07, 6.45) is 1.41. The second-order valence-electron chi connectivity index (χ2n) is 7.62. The Hall–Kier alpha value is -3.00. The number of carbonyl (C=O) groups is 1. The summed E-state index contributed by atoms with van der Waals surface area (Å²) < 4.78 is 5.49. The molecule has 3 rings (SSSR count). The Morgan fingerprint density at radius 2 is 1.90 bits per heavy atom. The van der Waals surface area contributed by atoms with E-state index >= 15 is 0 Å². The number of benzene rings is 1. The number of aliphatic carboxylic acids is 1. The molecule has 0 saturated carbocycles. The van der Waals surface area contributed by atoms with Crippen molar-refractivity contribution in [3.8, 4) is 23.0 Å². The summed E-state index contributed by atoms with van der Waals surface area (Å²) in [7, 11) is 0. The number of nitrogens with zero attached hydrogens (tertiary/aromatic N) is 4. The van der Waals surface area contributed by atoms with E-state index in [2.05, 4.69) is 32.3 Å². The number of carboxylic acids is 1. The molecule has 0 bridgehead atoms. The Morgan fingerprint density at radius 1 is 1.16 bits per heavy atom. The van der Waals surface area contributed by atoms with E-state index < -0.39 is 5.97 Å². The van der Waals surface area contributed by atoms with Crippen molar-refractivity contribution in [2.75, 3.05) is 5.32 Å².